The van der Waals surface area contributed by atoms with Crippen molar-refractivity contribution in [2.75, 3.05) is 39.8 Å². The van der Waals surface area contributed by atoms with Gasteiger partial charge in [0.05, 0.1) is 12.1 Å². The fraction of sp³-hybridized carbons (Fsp3) is 0.556. The van der Waals surface area contributed by atoms with Crippen molar-refractivity contribution in [3.63, 3.8) is 0 Å². The van der Waals surface area contributed by atoms with Crippen LogP contribution in [-0.4, -0.2) is 72.5 Å². The zero-order valence-electron chi connectivity index (χ0n) is 14.4. The third-order valence-corrected chi connectivity index (χ3v) is 5.03. The Hall–Kier alpha value is -2.08. The van der Waals surface area contributed by atoms with Crippen LogP contribution >= 0.6 is 0 Å². The van der Waals surface area contributed by atoms with Crippen LogP contribution in [0.15, 0.2) is 30.3 Å². The predicted octanol–water partition coefficient (Wildman–Crippen LogP) is 1.31. The SMILES string of the molecule is CC(c1ccccc1)N1CC(NC(=O)N2CCN(C)CC2)CC1=O. The zero-order chi connectivity index (χ0) is 17.1. The molecule has 2 unspecified atom stereocenters. The molecule has 1 N–H and O–H groups in total. The van der Waals surface area contributed by atoms with E-state index in [1.807, 2.05) is 47.1 Å². The maximum absolute atomic E-state index is 12.4. The van der Waals surface area contributed by atoms with E-state index in [0.29, 0.717) is 13.0 Å². The van der Waals surface area contributed by atoms with Crippen LogP contribution in [0.3, 0.4) is 0 Å². The first kappa shape index (κ1) is 16.8. The van der Waals surface area contributed by atoms with Crippen molar-refractivity contribution in [3.8, 4) is 0 Å². The van der Waals surface area contributed by atoms with E-state index >= 15 is 0 Å². The molecule has 0 bridgehead atoms. The lowest BCUT2D eigenvalue weighted by atomic mass is 10.1. The molecular weight excluding hydrogens is 304 g/mol. The Balaban J connectivity index is 1.56. The van der Waals surface area contributed by atoms with Gasteiger partial charge in [-0.1, -0.05) is 30.3 Å². The molecule has 130 valence electrons. The molecule has 2 aliphatic rings. The Kier molecular flexibility index (Phi) is 5.04. The van der Waals surface area contributed by atoms with Gasteiger partial charge in [0.2, 0.25) is 5.91 Å². The summed E-state index contributed by atoms with van der Waals surface area (Å²) in [7, 11) is 2.06. The van der Waals surface area contributed by atoms with E-state index in [0.717, 1.165) is 31.7 Å². The molecule has 6 heteroatoms. The second-order valence-corrected chi connectivity index (χ2v) is 6.77. The smallest absolute Gasteiger partial charge is 0.317 e. The Morgan fingerprint density at radius 1 is 1.17 bits per heavy atom. The molecule has 0 aromatic heterocycles. The maximum Gasteiger partial charge on any atom is 0.317 e. The number of urea groups is 1. The van der Waals surface area contributed by atoms with Crippen molar-refractivity contribution < 1.29 is 9.59 Å². The summed E-state index contributed by atoms with van der Waals surface area (Å²) in [6, 6.07) is 9.90. The summed E-state index contributed by atoms with van der Waals surface area (Å²) in [6.45, 7) is 5.90. The van der Waals surface area contributed by atoms with Gasteiger partial charge in [-0.15, -0.1) is 0 Å². The van der Waals surface area contributed by atoms with Crippen molar-refractivity contribution >= 4 is 11.9 Å². The number of carbonyl (C=O) groups is 2. The number of carbonyl (C=O) groups excluding carboxylic acids is 2. The minimum atomic E-state index is -0.101. The van der Waals surface area contributed by atoms with Crippen LogP contribution < -0.4 is 5.32 Å². The molecule has 2 saturated heterocycles. The van der Waals surface area contributed by atoms with Crippen LogP contribution in [-0.2, 0) is 4.79 Å². The summed E-state index contributed by atoms with van der Waals surface area (Å²) >= 11 is 0. The summed E-state index contributed by atoms with van der Waals surface area (Å²) in [6.07, 6.45) is 0.386. The molecular formula is C18H26N4O2. The number of rotatable bonds is 3. The molecule has 2 aliphatic heterocycles. The summed E-state index contributed by atoms with van der Waals surface area (Å²) < 4.78 is 0. The number of piperazine rings is 1. The van der Waals surface area contributed by atoms with Gasteiger partial charge < -0.3 is 20.0 Å². The normalized spacial score (nSPS) is 23.4. The highest BCUT2D eigenvalue weighted by atomic mass is 16.2. The summed E-state index contributed by atoms with van der Waals surface area (Å²) in [5, 5.41) is 3.04. The van der Waals surface area contributed by atoms with E-state index < -0.39 is 0 Å². The Bertz CT molecular complexity index is 584. The molecule has 0 radical (unpaired) electrons. The van der Waals surface area contributed by atoms with Crippen LogP contribution in [0.25, 0.3) is 0 Å². The van der Waals surface area contributed by atoms with E-state index in [-0.39, 0.29) is 24.0 Å². The Labute approximate surface area is 143 Å². The molecule has 1 aromatic rings. The minimum absolute atomic E-state index is 0.0317. The zero-order valence-corrected chi connectivity index (χ0v) is 14.4. The quantitative estimate of drug-likeness (QED) is 0.909. The fourth-order valence-electron chi connectivity index (χ4n) is 3.39. The van der Waals surface area contributed by atoms with Gasteiger partial charge >= 0.3 is 6.03 Å². The predicted molar refractivity (Wildman–Crippen MR) is 92.6 cm³/mol. The molecule has 3 amide bonds. The van der Waals surface area contributed by atoms with Crippen LogP contribution in [0.2, 0.25) is 0 Å². The second-order valence-electron chi connectivity index (χ2n) is 6.77. The average Bonchev–Trinajstić information content (AvgIpc) is 2.95. The number of amides is 3. The van der Waals surface area contributed by atoms with Crippen LogP contribution in [0.1, 0.15) is 24.9 Å². The van der Waals surface area contributed by atoms with E-state index in [9.17, 15) is 9.59 Å². The first-order chi connectivity index (χ1) is 11.5. The van der Waals surface area contributed by atoms with Gasteiger partial charge in [0.1, 0.15) is 0 Å². The van der Waals surface area contributed by atoms with Crippen LogP contribution in [0.4, 0.5) is 4.79 Å². The molecule has 3 rings (SSSR count). The lowest BCUT2D eigenvalue weighted by Crippen LogP contribution is -2.52. The number of likely N-dealkylation sites (N-methyl/N-ethyl adjacent to an activating group) is 1. The first-order valence-electron chi connectivity index (χ1n) is 8.63. The third kappa shape index (κ3) is 3.70. The molecule has 1 aromatic carbocycles. The van der Waals surface area contributed by atoms with E-state index in [1.165, 1.54) is 0 Å². The molecule has 2 atom stereocenters. The largest absolute Gasteiger partial charge is 0.334 e. The molecule has 0 saturated carbocycles. The molecule has 6 nitrogen and oxygen atoms in total. The number of nitrogens with one attached hydrogen (secondary N) is 1. The molecule has 2 fully saturated rings. The van der Waals surface area contributed by atoms with Crippen LogP contribution in [0, 0.1) is 0 Å². The first-order valence-corrected chi connectivity index (χ1v) is 8.63. The third-order valence-electron chi connectivity index (χ3n) is 5.03. The summed E-state index contributed by atoms with van der Waals surface area (Å²) in [5.41, 5.74) is 1.12. The summed E-state index contributed by atoms with van der Waals surface area (Å²) in [5.74, 6) is 0.107. The van der Waals surface area contributed by atoms with Crippen molar-refractivity contribution in [3.05, 3.63) is 35.9 Å². The topological polar surface area (TPSA) is 55.9 Å². The van der Waals surface area contributed by atoms with Gasteiger partial charge in [-0.2, -0.15) is 0 Å². The van der Waals surface area contributed by atoms with E-state index in [4.69, 9.17) is 0 Å². The highest BCUT2D eigenvalue weighted by Gasteiger charge is 2.34. The fourth-order valence-corrected chi connectivity index (χ4v) is 3.39. The molecule has 2 heterocycles. The van der Waals surface area contributed by atoms with Crippen molar-refractivity contribution in [1.82, 2.24) is 20.0 Å². The minimum Gasteiger partial charge on any atom is -0.334 e. The van der Waals surface area contributed by atoms with Gasteiger partial charge in [0.15, 0.2) is 0 Å². The highest BCUT2D eigenvalue weighted by Crippen LogP contribution is 2.25. The van der Waals surface area contributed by atoms with Gasteiger partial charge in [-0.05, 0) is 19.5 Å². The average molecular weight is 330 g/mol. The number of nitrogens with zero attached hydrogens (tertiary/aromatic N) is 3. The van der Waals surface area contributed by atoms with Crippen molar-refractivity contribution in [2.24, 2.45) is 0 Å². The lowest BCUT2D eigenvalue weighted by molar-refractivity contribution is -0.129. The number of benzene rings is 1. The Morgan fingerprint density at radius 2 is 1.83 bits per heavy atom. The molecule has 24 heavy (non-hydrogen) atoms. The van der Waals surface area contributed by atoms with Gasteiger partial charge in [-0.3, -0.25) is 4.79 Å². The van der Waals surface area contributed by atoms with E-state index in [1.54, 1.807) is 0 Å². The molecule has 0 spiro atoms. The lowest BCUT2D eigenvalue weighted by Gasteiger charge is -2.33. The van der Waals surface area contributed by atoms with Crippen LogP contribution in [0.5, 0.6) is 0 Å². The number of hydrogen-bond acceptors (Lipinski definition) is 3. The number of hydrogen-bond donors (Lipinski definition) is 1. The summed E-state index contributed by atoms with van der Waals surface area (Å²) in [4.78, 5) is 30.7. The number of likely N-dealkylation sites (tertiary alicyclic amines) is 1. The van der Waals surface area contributed by atoms with Gasteiger partial charge in [-0.25, -0.2) is 4.79 Å². The van der Waals surface area contributed by atoms with Gasteiger partial charge in [0.25, 0.3) is 0 Å². The highest BCUT2D eigenvalue weighted by molar-refractivity contribution is 5.82. The second kappa shape index (κ2) is 7.21. The maximum atomic E-state index is 12.4. The van der Waals surface area contributed by atoms with Crippen molar-refractivity contribution in [1.29, 1.82) is 0 Å². The van der Waals surface area contributed by atoms with E-state index in [2.05, 4.69) is 17.3 Å². The standard InChI is InChI=1S/C18H26N4O2/c1-14(15-6-4-3-5-7-15)22-13-16(12-17(22)23)19-18(24)21-10-8-20(2)9-11-21/h3-7,14,16H,8-13H2,1-2H3,(H,19,24). The van der Waals surface area contributed by atoms with Gasteiger partial charge in [0, 0.05) is 39.1 Å². The molecule has 0 aliphatic carbocycles. The monoisotopic (exact) mass is 330 g/mol. The Morgan fingerprint density at radius 3 is 2.50 bits per heavy atom. The van der Waals surface area contributed by atoms with Crippen molar-refractivity contribution in [2.45, 2.75) is 25.4 Å².